The minimum absolute atomic E-state index is 0.111. The number of carboxylic acid groups (broad SMARTS) is 1. The van der Waals surface area contributed by atoms with Crippen molar-refractivity contribution >= 4 is 5.97 Å². The minimum atomic E-state index is -0.994. The van der Waals surface area contributed by atoms with Gasteiger partial charge in [0.15, 0.2) is 5.82 Å². The lowest BCUT2D eigenvalue weighted by Gasteiger charge is -2.01. The molecule has 0 spiro atoms. The molecule has 6 heteroatoms. The van der Waals surface area contributed by atoms with E-state index in [2.05, 4.69) is 10.1 Å². The Bertz CT molecular complexity index is 551. The number of ether oxygens (including phenoxy) is 1. The molecule has 0 saturated carbocycles. The highest BCUT2D eigenvalue weighted by molar-refractivity contribution is 5.68. The third-order valence-corrected chi connectivity index (χ3v) is 2.31. The molecule has 0 radical (unpaired) electrons. The van der Waals surface area contributed by atoms with Gasteiger partial charge in [0.05, 0.1) is 7.11 Å². The van der Waals surface area contributed by atoms with E-state index >= 15 is 0 Å². The normalized spacial score (nSPS) is 10.3. The van der Waals surface area contributed by atoms with Crippen molar-refractivity contribution in [2.75, 3.05) is 7.11 Å². The monoisotopic (exact) mass is 248 g/mol. The molecule has 0 aliphatic rings. The van der Waals surface area contributed by atoms with Crippen LogP contribution in [0.1, 0.15) is 17.3 Å². The molecule has 0 amide bonds. The molecule has 0 atom stereocenters. The number of aromatic nitrogens is 2. The van der Waals surface area contributed by atoms with Crippen molar-refractivity contribution in [3.63, 3.8) is 0 Å². The fourth-order valence-electron chi connectivity index (χ4n) is 1.53. The molecule has 94 valence electrons. The molecular weight excluding hydrogens is 236 g/mol. The molecule has 0 fully saturated rings. The van der Waals surface area contributed by atoms with E-state index < -0.39 is 5.97 Å². The number of rotatable bonds is 5. The Balaban J connectivity index is 2.08. The van der Waals surface area contributed by atoms with Crippen molar-refractivity contribution in [3.8, 4) is 5.75 Å². The lowest BCUT2D eigenvalue weighted by molar-refractivity contribution is -0.136. The average molecular weight is 248 g/mol. The number of carboxylic acids is 1. The Hall–Kier alpha value is -2.37. The number of nitrogens with zero attached hydrogens (tertiary/aromatic N) is 2. The van der Waals surface area contributed by atoms with Gasteiger partial charge in [-0.15, -0.1) is 0 Å². The maximum absolute atomic E-state index is 10.5. The van der Waals surface area contributed by atoms with Crippen LogP contribution in [0.25, 0.3) is 0 Å². The van der Waals surface area contributed by atoms with Crippen molar-refractivity contribution in [1.82, 2.24) is 10.1 Å². The average Bonchev–Trinajstić information content (AvgIpc) is 2.76. The highest BCUT2D eigenvalue weighted by Crippen LogP contribution is 2.15. The van der Waals surface area contributed by atoms with Crippen molar-refractivity contribution in [2.45, 2.75) is 12.8 Å². The first-order chi connectivity index (χ1) is 8.67. The van der Waals surface area contributed by atoms with Crippen LogP contribution in [0.15, 0.2) is 28.8 Å². The predicted molar refractivity (Wildman–Crippen MR) is 61.4 cm³/mol. The molecule has 2 rings (SSSR count). The van der Waals surface area contributed by atoms with Crippen molar-refractivity contribution < 1.29 is 19.2 Å². The van der Waals surface area contributed by atoms with Crippen LogP contribution >= 0.6 is 0 Å². The maximum Gasteiger partial charge on any atom is 0.312 e. The first kappa shape index (κ1) is 12.1. The van der Waals surface area contributed by atoms with Gasteiger partial charge in [-0.2, -0.15) is 4.98 Å². The topological polar surface area (TPSA) is 85.5 Å². The van der Waals surface area contributed by atoms with Crippen LogP contribution in [-0.4, -0.2) is 28.3 Å². The first-order valence-corrected chi connectivity index (χ1v) is 5.33. The number of carbonyl (C=O) groups is 1. The second-order valence-electron chi connectivity index (χ2n) is 3.70. The summed E-state index contributed by atoms with van der Waals surface area (Å²) in [6.45, 7) is 0. The minimum Gasteiger partial charge on any atom is -0.497 e. The Morgan fingerprint density at radius 2 is 2.33 bits per heavy atom. The van der Waals surface area contributed by atoms with E-state index in [9.17, 15) is 4.79 Å². The second kappa shape index (κ2) is 5.31. The summed E-state index contributed by atoms with van der Waals surface area (Å²) in [7, 11) is 1.60. The zero-order valence-corrected chi connectivity index (χ0v) is 9.79. The SMILES string of the molecule is COc1cccc(Cc2noc(CC(=O)O)n2)c1. The Morgan fingerprint density at radius 3 is 3.06 bits per heavy atom. The summed E-state index contributed by atoms with van der Waals surface area (Å²) in [5.74, 6) is 0.327. The van der Waals surface area contributed by atoms with E-state index in [-0.39, 0.29) is 12.3 Å². The quantitative estimate of drug-likeness (QED) is 0.858. The zero-order chi connectivity index (χ0) is 13.0. The number of aliphatic carboxylic acids is 1. The van der Waals surface area contributed by atoms with Gasteiger partial charge in [0, 0.05) is 6.42 Å². The summed E-state index contributed by atoms with van der Waals surface area (Å²) in [6.07, 6.45) is 0.214. The standard InChI is InChI=1S/C12H12N2O4/c1-17-9-4-2-3-8(5-9)6-10-13-11(18-14-10)7-12(15)16/h2-5H,6-7H2,1H3,(H,15,16). The molecule has 1 aromatic heterocycles. The van der Waals surface area contributed by atoms with Crippen molar-refractivity contribution in [2.24, 2.45) is 0 Å². The van der Waals surface area contributed by atoms with Gasteiger partial charge in [-0.05, 0) is 17.7 Å². The lowest BCUT2D eigenvalue weighted by atomic mass is 10.1. The Morgan fingerprint density at radius 1 is 1.50 bits per heavy atom. The fourth-order valence-corrected chi connectivity index (χ4v) is 1.53. The Kier molecular flexibility index (Phi) is 3.57. The molecule has 1 N–H and O–H groups in total. The third-order valence-electron chi connectivity index (χ3n) is 2.31. The van der Waals surface area contributed by atoms with E-state index in [0.29, 0.717) is 12.2 Å². The molecule has 2 aromatic rings. The molecule has 6 nitrogen and oxygen atoms in total. The number of methoxy groups -OCH3 is 1. The van der Waals surface area contributed by atoms with Crippen molar-refractivity contribution in [1.29, 1.82) is 0 Å². The van der Waals surface area contributed by atoms with Gasteiger partial charge in [0.25, 0.3) is 0 Å². The van der Waals surface area contributed by atoms with Crippen LogP contribution in [0, 0.1) is 0 Å². The third kappa shape index (κ3) is 3.07. The van der Waals surface area contributed by atoms with Gasteiger partial charge in [-0.3, -0.25) is 4.79 Å². The number of hydrogen-bond donors (Lipinski definition) is 1. The molecule has 0 unspecified atom stereocenters. The van der Waals surface area contributed by atoms with E-state index in [4.69, 9.17) is 14.4 Å². The summed E-state index contributed by atoms with van der Waals surface area (Å²) in [5, 5.41) is 12.3. The summed E-state index contributed by atoms with van der Waals surface area (Å²) in [4.78, 5) is 14.5. The predicted octanol–water partition coefficient (Wildman–Crippen LogP) is 1.30. The van der Waals surface area contributed by atoms with Gasteiger partial charge >= 0.3 is 5.97 Å². The van der Waals surface area contributed by atoms with Crippen LogP contribution in [0.5, 0.6) is 5.75 Å². The molecule has 0 aliphatic heterocycles. The van der Waals surface area contributed by atoms with Gasteiger partial charge in [0.2, 0.25) is 5.89 Å². The smallest absolute Gasteiger partial charge is 0.312 e. The van der Waals surface area contributed by atoms with Crippen LogP contribution in [0.3, 0.4) is 0 Å². The summed E-state index contributed by atoms with van der Waals surface area (Å²) >= 11 is 0. The van der Waals surface area contributed by atoms with Crippen molar-refractivity contribution in [3.05, 3.63) is 41.5 Å². The van der Waals surface area contributed by atoms with Crippen LogP contribution in [-0.2, 0) is 17.6 Å². The van der Waals surface area contributed by atoms with Crippen LogP contribution in [0.2, 0.25) is 0 Å². The number of hydrogen-bond acceptors (Lipinski definition) is 5. The number of benzene rings is 1. The fraction of sp³-hybridized carbons (Fsp3) is 0.250. The highest BCUT2D eigenvalue weighted by Gasteiger charge is 2.10. The first-order valence-electron chi connectivity index (χ1n) is 5.33. The van der Waals surface area contributed by atoms with Gasteiger partial charge in [-0.1, -0.05) is 17.3 Å². The molecule has 0 saturated heterocycles. The van der Waals surface area contributed by atoms with Crippen LogP contribution in [0.4, 0.5) is 0 Å². The van der Waals surface area contributed by atoms with E-state index in [0.717, 1.165) is 11.3 Å². The molecule has 1 heterocycles. The van der Waals surface area contributed by atoms with Gasteiger partial charge < -0.3 is 14.4 Å². The second-order valence-corrected chi connectivity index (χ2v) is 3.70. The zero-order valence-electron chi connectivity index (χ0n) is 9.79. The molecule has 1 aromatic carbocycles. The lowest BCUT2D eigenvalue weighted by Crippen LogP contribution is -2.00. The van der Waals surface area contributed by atoms with Gasteiger partial charge in [0.1, 0.15) is 12.2 Å². The highest BCUT2D eigenvalue weighted by atomic mass is 16.5. The Labute approximate surface area is 103 Å². The van der Waals surface area contributed by atoms with E-state index in [1.165, 1.54) is 0 Å². The summed E-state index contributed by atoms with van der Waals surface area (Å²) < 4.78 is 9.94. The molecule has 0 aliphatic carbocycles. The molecule has 0 bridgehead atoms. The van der Waals surface area contributed by atoms with E-state index in [1.807, 2.05) is 24.3 Å². The molecule has 18 heavy (non-hydrogen) atoms. The maximum atomic E-state index is 10.5. The summed E-state index contributed by atoms with van der Waals surface area (Å²) in [6, 6.07) is 7.49. The summed E-state index contributed by atoms with van der Waals surface area (Å²) in [5.41, 5.74) is 0.969. The largest absolute Gasteiger partial charge is 0.497 e. The molecular formula is C12H12N2O4. The van der Waals surface area contributed by atoms with Gasteiger partial charge in [-0.25, -0.2) is 0 Å². The van der Waals surface area contributed by atoms with E-state index in [1.54, 1.807) is 7.11 Å². The van der Waals surface area contributed by atoms with Crippen LogP contribution < -0.4 is 4.74 Å².